The van der Waals surface area contributed by atoms with E-state index < -0.39 is 5.97 Å². The van der Waals surface area contributed by atoms with Crippen LogP contribution >= 0.6 is 11.6 Å². The number of carbonyl (C=O) groups is 1. The third-order valence-electron chi connectivity index (χ3n) is 2.94. The summed E-state index contributed by atoms with van der Waals surface area (Å²) in [7, 11) is 0. The van der Waals surface area contributed by atoms with E-state index >= 15 is 0 Å². The first-order valence-corrected chi connectivity index (χ1v) is 6.11. The molecule has 5 heteroatoms. The smallest absolute Gasteiger partial charge is 0.303 e. The molecule has 1 atom stereocenters. The second-order valence-electron chi connectivity index (χ2n) is 4.45. The van der Waals surface area contributed by atoms with Crippen LogP contribution in [0.5, 0.6) is 0 Å². The lowest BCUT2D eigenvalue weighted by atomic mass is 10.0. The number of nitrogens with two attached hydrogens (primary N) is 1. The summed E-state index contributed by atoms with van der Waals surface area (Å²) in [5, 5.41) is 10.3. The predicted octanol–water partition coefficient (Wildman–Crippen LogP) is 2.99. The highest BCUT2D eigenvalue weighted by molar-refractivity contribution is 6.32. The summed E-state index contributed by atoms with van der Waals surface area (Å²) in [6, 6.07) is 5.41. The number of halogens is 1. The standard InChI is InChI=1S/C13H15ClN2O2/c1-7-4-8-5-10(14)9(6-12(8)16-7)11(15)2-3-13(17)18/h4-6,11,16H,2-3,15H2,1H3,(H,17,18). The second kappa shape index (κ2) is 5.00. The number of aliphatic carboxylic acids is 1. The maximum absolute atomic E-state index is 10.5. The topological polar surface area (TPSA) is 79.1 Å². The number of hydrogen-bond donors (Lipinski definition) is 3. The van der Waals surface area contributed by atoms with E-state index in [1.165, 1.54) is 0 Å². The number of carboxylic acid groups (broad SMARTS) is 1. The van der Waals surface area contributed by atoms with Gasteiger partial charge in [-0.15, -0.1) is 0 Å². The lowest BCUT2D eigenvalue weighted by Crippen LogP contribution is -2.12. The number of fused-ring (bicyclic) bond motifs is 1. The largest absolute Gasteiger partial charge is 0.481 e. The van der Waals surface area contributed by atoms with Gasteiger partial charge in [0.2, 0.25) is 0 Å². The minimum Gasteiger partial charge on any atom is -0.481 e. The van der Waals surface area contributed by atoms with Gasteiger partial charge in [0.25, 0.3) is 0 Å². The molecule has 0 bridgehead atoms. The number of rotatable bonds is 4. The first kappa shape index (κ1) is 12.9. The summed E-state index contributed by atoms with van der Waals surface area (Å²) < 4.78 is 0. The lowest BCUT2D eigenvalue weighted by Gasteiger charge is -2.12. The number of carboxylic acids is 1. The number of nitrogens with one attached hydrogen (secondary N) is 1. The van der Waals surface area contributed by atoms with E-state index in [-0.39, 0.29) is 12.5 Å². The van der Waals surface area contributed by atoms with E-state index in [4.69, 9.17) is 22.4 Å². The average molecular weight is 267 g/mol. The van der Waals surface area contributed by atoms with Crippen molar-refractivity contribution in [2.45, 2.75) is 25.8 Å². The first-order chi connectivity index (χ1) is 8.47. The van der Waals surface area contributed by atoms with Crippen LogP contribution in [0.25, 0.3) is 10.9 Å². The van der Waals surface area contributed by atoms with Crippen LogP contribution in [0.2, 0.25) is 5.02 Å². The number of aryl methyl sites for hydroxylation is 1. The van der Waals surface area contributed by atoms with Crippen molar-refractivity contribution in [2.75, 3.05) is 0 Å². The highest BCUT2D eigenvalue weighted by Crippen LogP contribution is 2.29. The molecule has 2 aromatic rings. The Labute approximate surface area is 110 Å². The van der Waals surface area contributed by atoms with E-state index in [1.807, 2.05) is 25.1 Å². The molecule has 4 N–H and O–H groups in total. The van der Waals surface area contributed by atoms with Gasteiger partial charge in [-0.1, -0.05) is 11.6 Å². The van der Waals surface area contributed by atoms with E-state index in [0.29, 0.717) is 11.4 Å². The Kier molecular flexibility index (Phi) is 3.59. The van der Waals surface area contributed by atoms with Crippen molar-refractivity contribution in [3.63, 3.8) is 0 Å². The zero-order chi connectivity index (χ0) is 13.3. The van der Waals surface area contributed by atoms with Gasteiger partial charge in [-0.3, -0.25) is 4.79 Å². The highest BCUT2D eigenvalue weighted by Gasteiger charge is 2.13. The van der Waals surface area contributed by atoms with Gasteiger partial charge in [0.1, 0.15) is 0 Å². The van der Waals surface area contributed by atoms with Gasteiger partial charge in [-0.25, -0.2) is 0 Å². The maximum atomic E-state index is 10.5. The van der Waals surface area contributed by atoms with Gasteiger partial charge in [0.15, 0.2) is 0 Å². The fraction of sp³-hybridized carbons (Fsp3) is 0.308. The van der Waals surface area contributed by atoms with Crippen LogP contribution in [0.15, 0.2) is 18.2 Å². The van der Waals surface area contributed by atoms with Crippen molar-refractivity contribution < 1.29 is 9.90 Å². The number of aromatic nitrogens is 1. The van der Waals surface area contributed by atoms with Crippen molar-refractivity contribution in [3.05, 3.63) is 34.5 Å². The number of benzene rings is 1. The minimum absolute atomic E-state index is 0.0410. The third-order valence-corrected chi connectivity index (χ3v) is 3.27. The highest BCUT2D eigenvalue weighted by atomic mass is 35.5. The molecule has 1 heterocycles. The molecule has 1 aromatic carbocycles. The fourth-order valence-corrected chi connectivity index (χ4v) is 2.35. The molecule has 0 saturated heterocycles. The monoisotopic (exact) mass is 266 g/mol. The molecular formula is C13H15ClN2O2. The molecule has 0 aliphatic heterocycles. The Bertz CT molecular complexity index is 592. The Balaban J connectivity index is 2.31. The van der Waals surface area contributed by atoms with Crippen molar-refractivity contribution in [1.29, 1.82) is 0 Å². The predicted molar refractivity (Wildman–Crippen MR) is 71.8 cm³/mol. The Morgan fingerprint density at radius 3 is 2.89 bits per heavy atom. The summed E-state index contributed by atoms with van der Waals surface area (Å²) in [5.74, 6) is -0.849. The molecule has 0 saturated carbocycles. The van der Waals surface area contributed by atoms with Crippen molar-refractivity contribution >= 4 is 28.5 Å². The normalized spacial score (nSPS) is 12.8. The number of H-pyrrole nitrogens is 1. The molecule has 18 heavy (non-hydrogen) atoms. The molecule has 0 amide bonds. The van der Waals surface area contributed by atoms with Gasteiger partial charge in [0.05, 0.1) is 0 Å². The maximum Gasteiger partial charge on any atom is 0.303 e. The van der Waals surface area contributed by atoms with E-state index in [1.54, 1.807) is 0 Å². The fourth-order valence-electron chi connectivity index (χ4n) is 2.03. The van der Waals surface area contributed by atoms with Crippen LogP contribution < -0.4 is 5.73 Å². The number of hydrogen-bond acceptors (Lipinski definition) is 2. The molecule has 2 rings (SSSR count). The molecule has 1 aromatic heterocycles. The van der Waals surface area contributed by atoms with E-state index in [9.17, 15) is 4.79 Å². The van der Waals surface area contributed by atoms with Crippen LogP contribution in [-0.4, -0.2) is 16.1 Å². The van der Waals surface area contributed by atoms with Gasteiger partial charge in [-0.05, 0) is 37.1 Å². The molecule has 4 nitrogen and oxygen atoms in total. The SMILES string of the molecule is Cc1cc2cc(Cl)c(C(N)CCC(=O)O)cc2[nH]1. The summed E-state index contributed by atoms with van der Waals surface area (Å²) in [6.07, 6.45) is 0.416. The zero-order valence-electron chi connectivity index (χ0n) is 10.0. The molecule has 0 radical (unpaired) electrons. The summed E-state index contributed by atoms with van der Waals surface area (Å²) in [4.78, 5) is 13.8. The van der Waals surface area contributed by atoms with Crippen molar-refractivity contribution in [1.82, 2.24) is 4.98 Å². The molecule has 0 spiro atoms. The van der Waals surface area contributed by atoms with Gasteiger partial charge >= 0.3 is 5.97 Å². The lowest BCUT2D eigenvalue weighted by molar-refractivity contribution is -0.137. The summed E-state index contributed by atoms with van der Waals surface area (Å²) in [5.41, 5.74) is 8.79. The molecular weight excluding hydrogens is 252 g/mol. The van der Waals surface area contributed by atoms with Gasteiger partial charge in [0, 0.05) is 34.1 Å². The average Bonchev–Trinajstić information content (AvgIpc) is 2.64. The van der Waals surface area contributed by atoms with Crippen LogP contribution in [0, 0.1) is 6.92 Å². The van der Waals surface area contributed by atoms with Crippen LogP contribution in [-0.2, 0) is 4.79 Å². The second-order valence-corrected chi connectivity index (χ2v) is 4.86. The molecule has 0 aliphatic carbocycles. The van der Waals surface area contributed by atoms with Gasteiger partial charge < -0.3 is 15.8 Å². The van der Waals surface area contributed by atoms with Crippen LogP contribution in [0.4, 0.5) is 0 Å². The first-order valence-electron chi connectivity index (χ1n) is 5.73. The quantitative estimate of drug-likeness (QED) is 0.796. The zero-order valence-corrected chi connectivity index (χ0v) is 10.8. The molecule has 96 valence electrons. The van der Waals surface area contributed by atoms with Crippen LogP contribution in [0.1, 0.15) is 30.1 Å². The van der Waals surface area contributed by atoms with Gasteiger partial charge in [-0.2, -0.15) is 0 Å². The van der Waals surface area contributed by atoms with Crippen molar-refractivity contribution in [2.24, 2.45) is 5.73 Å². The van der Waals surface area contributed by atoms with Crippen molar-refractivity contribution in [3.8, 4) is 0 Å². The minimum atomic E-state index is -0.849. The summed E-state index contributed by atoms with van der Waals surface area (Å²) in [6.45, 7) is 1.97. The number of aromatic amines is 1. The molecule has 1 unspecified atom stereocenters. The third kappa shape index (κ3) is 2.66. The van der Waals surface area contributed by atoms with E-state index in [0.717, 1.165) is 22.2 Å². The Morgan fingerprint density at radius 1 is 1.50 bits per heavy atom. The summed E-state index contributed by atoms with van der Waals surface area (Å²) >= 11 is 6.18. The Hall–Kier alpha value is -1.52. The molecule has 0 aliphatic rings. The molecule has 0 fully saturated rings. The van der Waals surface area contributed by atoms with E-state index in [2.05, 4.69) is 4.98 Å². The Morgan fingerprint density at radius 2 is 2.22 bits per heavy atom. The van der Waals surface area contributed by atoms with Crippen LogP contribution in [0.3, 0.4) is 0 Å².